The summed E-state index contributed by atoms with van der Waals surface area (Å²) in [5.41, 5.74) is 2.43. The minimum atomic E-state index is -0.203. The first-order chi connectivity index (χ1) is 12.3. The van der Waals surface area contributed by atoms with Crippen LogP contribution in [-0.2, 0) is 20.7 Å². The number of nitrogens with zero attached hydrogens (tertiary/aromatic N) is 1. The molecule has 1 aliphatic carbocycles. The number of carbonyl (C=O) groups is 2. The van der Waals surface area contributed by atoms with Gasteiger partial charge in [-0.05, 0) is 62.0 Å². The van der Waals surface area contributed by atoms with Crippen LogP contribution in [0.5, 0.6) is 0 Å². The number of fused-ring (bicyclic) bond motifs is 1. The maximum absolute atomic E-state index is 12.6. The maximum atomic E-state index is 12.6. The van der Waals surface area contributed by atoms with Gasteiger partial charge in [0.25, 0.3) is 5.91 Å². The lowest BCUT2D eigenvalue weighted by atomic mass is 9.70. The highest BCUT2D eigenvalue weighted by molar-refractivity contribution is 5.97. The van der Waals surface area contributed by atoms with E-state index in [4.69, 9.17) is 4.74 Å². The summed E-state index contributed by atoms with van der Waals surface area (Å²) in [4.78, 5) is 26.8. The van der Waals surface area contributed by atoms with E-state index in [9.17, 15) is 9.59 Å². The quantitative estimate of drug-likeness (QED) is 0.755. The zero-order chi connectivity index (χ0) is 18.9. The fourth-order valence-corrected chi connectivity index (χ4v) is 4.46. The van der Waals surface area contributed by atoms with Crippen LogP contribution in [0.15, 0.2) is 24.3 Å². The Hall–Kier alpha value is -1.84. The van der Waals surface area contributed by atoms with Crippen molar-refractivity contribution in [3.63, 3.8) is 0 Å². The molecule has 2 aliphatic rings. The second-order valence-electron chi connectivity index (χ2n) is 8.97. The van der Waals surface area contributed by atoms with Gasteiger partial charge >= 0.3 is 5.97 Å². The van der Waals surface area contributed by atoms with Crippen LogP contribution in [-0.4, -0.2) is 24.5 Å². The lowest BCUT2D eigenvalue weighted by Gasteiger charge is -2.36. The monoisotopic (exact) mass is 357 g/mol. The number of para-hydroxylation sites is 1. The molecule has 1 unspecified atom stereocenters. The minimum absolute atomic E-state index is 0.0512. The van der Waals surface area contributed by atoms with Gasteiger partial charge < -0.3 is 9.64 Å². The van der Waals surface area contributed by atoms with E-state index in [0.29, 0.717) is 11.3 Å². The highest BCUT2D eigenvalue weighted by Gasteiger charge is 2.34. The first-order valence-electron chi connectivity index (χ1n) is 9.84. The third-order valence-corrected chi connectivity index (χ3v) is 6.10. The third-order valence-electron chi connectivity index (χ3n) is 6.10. The van der Waals surface area contributed by atoms with Crippen LogP contribution in [0.4, 0.5) is 5.69 Å². The number of amides is 1. The largest absolute Gasteiger partial charge is 0.455 e. The molecular weight excluding hydrogens is 326 g/mol. The average Bonchev–Trinajstić information content (AvgIpc) is 2.94. The molecule has 1 saturated carbocycles. The van der Waals surface area contributed by atoms with Crippen molar-refractivity contribution < 1.29 is 14.3 Å². The number of esters is 1. The van der Waals surface area contributed by atoms with Crippen molar-refractivity contribution in [3.05, 3.63) is 29.8 Å². The summed E-state index contributed by atoms with van der Waals surface area (Å²) >= 11 is 0. The molecule has 1 atom stereocenters. The number of benzene rings is 1. The van der Waals surface area contributed by atoms with E-state index in [-0.39, 0.29) is 30.4 Å². The Morgan fingerprint density at radius 1 is 1.12 bits per heavy atom. The average molecular weight is 357 g/mol. The number of rotatable bonds is 3. The Kier molecular flexibility index (Phi) is 5.40. The maximum Gasteiger partial charge on any atom is 0.309 e. The van der Waals surface area contributed by atoms with E-state index in [1.165, 1.54) is 5.56 Å². The minimum Gasteiger partial charge on any atom is -0.455 e. The van der Waals surface area contributed by atoms with Gasteiger partial charge in [-0.1, -0.05) is 39.0 Å². The summed E-state index contributed by atoms with van der Waals surface area (Å²) in [7, 11) is 0. The molecule has 0 N–H and O–H groups in total. The molecule has 1 aromatic carbocycles. The summed E-state index contributed by atoms with van der Waals surface area (Å²) in [5, 5.41) is 0. The second kappa shape index (κ2) is 7.42. The number of ether oxygens (including phenoxy) is 1. The van der Waals surface area contributed by atoms with E-state index >= 15 is 0 Å². The van der Waals surface area contributed by atoms with Crippen molar-refractivity contribution in [2.75, 3.05) is 11.5 Å². The topological polar surface area (TPSA) is 46.6 Å². The van der Waals surface area contributed by atoms with Gasteiger partial charge in [0.1, 0.15) is 0 Å². The Bertz CT molecular complexity index is 668. The van der Waals surface area contributed by atoms with E-state index in [0.717, 1.165) is 37.8 Å². The first-order valence-corrected chi connectivity index (χ1v) is 9.84. The van der Waals surface area contributed by atoms with Crippen LogP contribution in [0.3, 0.4) is 0 Å². The van der Waals surface area contributed by atoms with Gasteiger partial charge in [-0.25, -0.2) is 0 Å². The Morgan fingerprint density at radius 3 is 2.42 bits per heavy atom. The van der Waals surface area contributed by atoms with Crippen LogP contribution < -0.4 is 4.90 Å². The predicted octanol–water partition coefficient (Wildman–Crippen LogP) is 4.36. The predicted molar refractivity (Wildman–Crippen MR) is 103 cm³/mol. The summed E-state index contributed by atoms with van der Waals surface area (Å²) in [6.07, 6.45) is 4.73. The van der Waals surface area contributed by atoms with E-state index in [1.54, 1.807) is 4.90 Å². The standard InChI is InChI=1S/C22H31NO3/c1-15-13-17-7-5-6-8-19(17)23(15)20(24)14-26-21(25)16-9-11-18(12-10-16)22(2,3)4/h5-8,15-16,18H,9-14H2,1-4H3. The molecule has 0 bridgehead atoms. The third kappa shape index (κ3) is 3.94. The molecule has 1 aromatic rings. The molecule has 1 amide bonds. The van der Waals surface area contributed by atoms with Crippen molar-refractivity contribution in [2.24, 2.45) is 17.3 Å². The van der Waals surface area contributed by atoms with Crippen molar-refractivity contribution >= 4 is 17.6 Å². The molecule has 0 saturated heterocycles. The van der Waals surface area contributed by atoms with Crippen LogP contribution in [0, 0.1) is 17.3 Å². The van der Waals surface area contributed by atoms with Crippen molar-refractivity contribution in [1.82, 2.24) is 0 Å². The fourth-order valence-electron chi connectivity index (χ4n) is 4.46. The molecule has 0 aromatic heterocycles. The Balaban J connectivity index is 1.52. The molecule has 0 spiro atoms. The fraction of sp³-hybridized carbons (Fsp3) is 0.636. The molecule has 142 valence electrons. The van der Waals surface area contributed by atoms with Crippen molar-refractivity contribution in [3.8, 4) is 0 Å². The SMILES string of the molecule is CC1Cc2ccccc2N1C(=O)COC(=O)C1CCC(C(C)(C)C)CC1. The number of hydrogen-bond donors (Lipinski definition) is 0. The van der Waals surface area contributed by atoms with E-state index in [1.807, 2.05) is 25.1 Å². The van der Waals surface area contributed by atoms with E-state index < -0.39 is 0 Å². The lowest BCUT2D eigenvalue weighted by Crippen LogP contribution is -2.39. The van der Waals surface area contributed by atoms with E-state index in [2.05, 4.69) is 26.8 Å². The van der Waals surface area contributed by atoms with Gasteiger partial charge in [0.15, 0.2) is 6.61 Å². The first kappa shape index (κ1) is 18.9. The molecule has 3 rings (SSSR count). The van der Waals surface area contributed by atoms with Gasteiger partial charge in [-0.3, -0.25) is 9.59 Å². The molecule has 4 heteroatoms. The summed E-state index contributed by atoms with van der Waals surface area (Å²) in [5.74, 6) is 0.282. The van der Waals surface area contributed by atoms with Gasteiger partial charge in [-0.2, -0.15) is 0 Å². The molecule has 4 nitrogen and oxygen atoms in total. The molecule has 26 heavy (non-hydrogen) atoms. The van der Waals surface area contributed by atoms with Gasteiger partial charge in [-0.15, -0.1) is 0 Å². The molecule has 1 fully saturated rings. The van der Waals surface area contributed by atoms with Gasteiger partial charge in [0.2, 0.25) is 0 Å². The molecular formula is C22H31NO3. The van der Waals surface area contributed by atoms with Gasteiger partial charge in [0, 0.05) is 11.7 Å². The van der Waals surface area contributed by atoms with Crippen LogP contribution >= 0.6 is 0 Å². The van der Waals surface area contributed by atoms with Gasteiger partial charge in [0.05, 0.1) is 5.92 Å². The normalized spacial score (nSPS) is 25.7. The summed E-state index contributed by atoms with van der Waals surface area (Å²) < 4.78 is 5.41. The second-order valence-corrected chi connectivity index (χ2v) is 8.97. The number of carbonyl (C=O) groups excluding carboxylic acids is 2. The summed E-state index contributed by atoms with van der Waals surface area (Å²) in [6, 6.07) is 8.07. The Morgan fingerprint density at radius 2 is 1.77 bits per heavy atom. The van der Waals surface area contributed by atoms with Crippen molar-refractivity contribution in [2.45, 2.75) is 65.8 Å². The Labute approximate surface area is 156 Å². The molecule has 0 radical (unpaired) electrons. The zero-order valence-corrected chi connectivity index (χ0v) is 16.5. The molecule has 1 heterocycles. The van der Waals surface area contributed by atoms with Crippen LogP contribution in [0.25, 0.3) is 0 Å². The lowest BCUT2D eigenvalue weighted by molar-refractivity contribution is -0.153. The van der Waals surface area contributed by atoms with Crippen molar-refractivity contribution in [1.29, 1.82) is 0 Å². The molecule has 1 aliphatic heterocycles. The highest BCUT2D eigenvalue weighted by atomic mass is 16.5. The van der Waals surface area contributed by atoms with Crippen LogP contribution in [0.1, 0.15) is 58.9 Å². The smallest absolute Gasteiger partial charge is 0.309 e. The van der Waals surface area contributed by atoms with Crippen LogP contribution in [0.2, 0.25) is 0 Å². The summed E-state index contributed by atoms with van der Waals surface area (Å²) in [6.45, 7) is 8.68. The number of anilines is 1. The zero-order valence-electron chi connectivity index (χ0n) is 16.5. The highest BCUT2D eigenvalue weighted by Crippen LogP contribution is 2.40. The number of hydrogen-bond acceptors (Lipinski definition) is 3.